The largest absolute Gasteiger partial charge is 0.458 e. The zero-order chi connectivity index (χ0) is 50.6. The molecule has 2 amide bonds. The van der Waals surface area contributed by atoms with Crippen LogP contribution in [0.4, 0.5) is 10.5 Å². The first-order valence-electron chi connectivity index (χ1n) is 24.5. The molecule has 0 radical (unpaired) electrons. The van der Waals surface area contributed by atoms with Gasteiger partial charge in [0.25, 0.3) is 5.91 Å². The zero-order valence-corrected chi connectivity index (χ0v) is 42.6. The van der Waals surface area contributed by atoms with E-state index in [0.29, 0.717) is 68.7 Å². The molecule has 1 aromatic heterocycles. The number of methoxy groups -OCH3 is 1. The Balaban J connectivity index is 1.38. The van der Waals surface area contributed by atoms with Gasteiger partial charge in [-0.15, -0.1) is 5.10 Å². The van der Waals surface area contributed by atoms with Gasteiger partial charge in [-0.1, -0.05) is 63.2 Å². The number of ether oxygens (including phenoxy) is 5. The van der Waals surface area contributed by atoms with Crippen molar-refractivity contribution < 1.29 is 48.0 Å². The van der Waals surface area contributed by atoms with Crippen molar-refractivity contribution in [3.8, 4) is 11.3 Å². The smallest absolute Gasteiger partial charge is 0.410 e. The van der Waals surface area contributed by atoms with E-state index in [1.54, 1.807) is 54.8 Å². The van der Waals surface area contributed by atoms with Crippen molar-refractivity contribution in [3.05, 3.63) is 66.4 Å². The molecule has 2 fully saturated rings. The third-order valence-electron chi connectivity index (χ3n) is 14.0. The number of hydrogen-bond donors (Lipinski definition) is 4. The van der Waals surface area contributed by atoms with Gasteiger partial charge in [0.2, 0.25) is 0 Å². The molecule has 3 aromatic rings. The Hall–Kier alpha value is -4.98. The molecular formula is C51H78N8O10. The van der Waals surface area contributed by atoms with E-state index in [2.05, 4.69) is 27.9 Å². The van der Waals surface area contributed by atoms with Gasteiger partial charge in [0, 0.05) is 61.6 Å². The van der Waals surface area contributed by atoms with Crippen LogP contribution in [-0.4, -0.2) is 155 Å². The second-order valence-electron chi connectivity index (χ2n) is 19.5. The number of aliphatic hydroxyl groups is 1. The Morgan fingerprint density at radius 1 is 1.04 bits per heavy atom. The Bertz CT molecular complexity index is 2140. The van der Waals surface area contributed by atoms with E-state index in [4.69, 9.17) is 29.4 Å². The number of esters is 1. The van der Waals surface area contributed by atoms with Gasteiger partial charge in [-0.25, -0.2) is 4.79 Å². The molecule has 2 aromatic carbocycles. The SMILES string of the molecule is CCC(C(O)[C@@H](OCCNC(=O)c1ccccc1)O[C@@H]1[C@@H](C)C(=O)[C@@H](C)C(=O)O[C@H](CC)[C@@]2(C)OC(=O)N(CCCCn3cc(-c4cccc(N)c4)nn3)[C@@H]2[C@@H](C)NC[C@H](C)C[C@@]1(C)OC)N(C)C. The highest BCUT2D eigenvalue weighted by Crippen LogP contribution is 2.40. The molecule has 69 heavy (non-hydrogen) atoms. The fraction of sp³-hybridized carbons (Fsp3) is 0.647. The summed E-state index contributed by atoms with van der Waals surface area (Å²) in [6.07, 6.45) is -0.479. The Labute approximate surface area is 408 Å². The lowest BCUT2D eigenvalue weighted by Crippen LogP contribution is -2.61. The molecule has 2 unspecified atom stereocenters. The van der Waals surface area contributed by atoms with Crippen molar-refractivity contribution in [2.24, 2.45) is 17.8 Å². The molecular weight excluding hydrogens is 885 g/mol. The molecule has 5 rings (SSSR count). The zero-order valence-electron chi connectivity index (χ0n) is 42.6. The Morgan fingerprint density at radius 2 is 1.75 bits per heavy atom. The van der Waals surface area contributed by atoms with Gasteiger partial charge in [-0.2, -0.15) is 0 Å². The second kappa shape index (κ2) is 24.7. The number of aryl methyl sites for hydroxylation is 1. The molecule has 18 nitrogen and oxygen atoms in total. The highest BCUT2D eigenvalue weighted by molar-refractivity contribution is 6.00. The average Bonchev–Trinajstić information content (AvgIpc) is 3.91. The van der Waals surface area contributed by atoms with Crippen LogP contribution in [0.1, 0.15) is 97.9 Å². The van der Waals surface area contributed by atoms with E-state index in [0.717, 1.165) is 5.56 Å². The van der Waals surface area contributed by atoms with Crippen molar-refractivity contribution >= 4 is 29.4 Å². The molecule has 5 N–H and O–H groups in total. The number of nitrogens with one attached hydrogen (secondary N) is 2. The van der Waals surface area contributed by atoms with E-state index in [1.807, 2.05) is 83.2 Å². The molecule has 2 aliphatic heterocycles. The number of ketones is 1. The van der Waals surface area contributed by atoms with E-state index in [9.17, 15) is 24.3 Å². The van der Waals surface area contributed by atoms with Crippen LogP contribution in [0.2, 0.25) is 0 Å². The highest BCUT2D eigenvalue weighted by Gasteiger charge is 2.58. The summed E-state index contributed by atoms with van der Waals surface area (Å²) >= 11 is 0. The van der Waals surface area contributed by atoms with Crippen LogP contribution in [-0.2, 0) is 39.8 Å². The number of anilines is 1. The number of likely N-dealkylation sites (N-methyl/N-ethyl adjacent to an activating group) is 1. The van der Waals surface area contributed by atoms with Crippen molar-refractivity contribution in [2.75, 3.05) is 53.2 Å². The molecule has 12 atom stereocenters. The van der Waals surface area contributed by atoms with Gasteiger partial charge in [-0.05, 0) is 111 Å². The molecule has 0 aliphatic carbocycles. The summed E-state index contributed by atoms with van der Waals surface area (Å²) in [5, 5.41) is 27.1. The summed E-state index contributed by atoms with van der Waals surface area (Å²) in [6, 6.07) is 15.0. The normalized spacial score (nSPS) is 28.5. The Morgan fingerprint density at radius 3 is 2.41 bits per heavy atom. The van der Waals surface area contributed by atoms with E-state index in [1.165, 1.54) is 6.92 Å². The van der Waals surface area contributed by atoms with Crippen LogP contribution in [0.3, 0.4) is 0 Å². The lowest BCUT2D eigenvalue weighted by atomic mass is 9.78. The van der Waals surface area contributed by atoms with Crippen molar-refractivity contribution in [3.63, 3.8) is 0 Å². The molecule has 3 heterocycles. The van der Waals surface area contributed by atoms with Crippen LogP contribution in [0, 0.1) is 17.8 Å². The fourth-order valence-corrected chi connectivity index (χ4v) is 10.1. The van der Waals surface area contributed by atoms with Gasteiger partial charge < -0.3 is 50.1 Å². The van der Waals surface area contributed by atoms with Crippen molar-refractivity contribution in [1.29, 1.82) is 0 Å². The number of carbonyl (C=O) groups excluding carboxylic acids is 4. The lowest BCUT2D eigenvalue weighted by molar-refractivity contribution is -0.266. The lowest BCUT2D eigenvalue weighted by Gasteiger charge is -2.44. The summed E-state index contributed by atoms with van der Waals surface area (Å²) in [7, 11) is 5.26. The summed E-state index contributed by atoms with van der Waals surface area (Å²) in [5.74, 6) is -3.81. The predicted molar refractivity (Wildman–Crippen MR) is 262 cm³/mol. The molecule has 0 saturated carbocycles. The number of nitrogens with two attached hydrogens (primary N) is 1. The number of aliphatic hydroxyl groups excluding tert-OH is 1. The number of aromatic nitrogens is 3. The van der Waals surface area contributed by atoms with Gasteiger partial charge in [0.15, 0.2) is 17.7 Å². The molecule has 382 valence electrons. The van der Waals surface area contributed by atoms with Gasteiger partial charge in [-0.3, -0.25) is 24.0 Å². The number of unbranched alkanes of at least 4 members (excludes halogenated alkanes) is 1. The number of amides is 2. The van der Waals surface area contributed by atoms with E-state index >= 15 is 0 Å². The number of benzene rings is 2. The average molecular weight is 963 g/mol. The summed E-state index contributed by atoms with van der Waals surface area (Å²) in [5.41, 5.74) is 6.26. The van der Waals surface area contributed by atoms with Crippen LogP contribution in [0.25, 0.3) is 11.3 Å². The predicted octanol–water partition coefficient (Wildman–Crippen LogP) is 5.33. The number of Topliss-reactive ketones (excluding diaryl/α,β-unsaturated/α-hetero) is 1. The van der Waals surface area contributed by atoms with Gasteiger partial charge >= 0.3 is 12.1 Å². The van der Waals surface area contributed by atoms with Crippen LogP contribution >= 0.6 is 0 Å². The monoisotopic (exact) mass is 963 g/mol. The molecule has 0 bridgehead atoms. The van der Waals surface area contributed by atoms with E-state index < -0.39 is 77.6 Å². The fourth-order valence-electron chi connectivity index (χ4n) is 10.1. The standard InChI is InChI=1S/C51H78N8O10/c1-12-40(57(9)10)43(61)48(66-27-24-53-46(62)36-20-15-14-16-21-36)68-45-33(4)42(60)34(5)47(63)67-41(13-2)51(8)44(35(6)54-30-32(3)29-50(45,7)65-11)59(49(64)69-51)26-18-17-25-58-31-39(55-56-58)37-22-19-23-38(52)28-37/h14-16,19-23,28,31-35,40-41,43-45,48,54,61H,12-13,17-18,24-27,29-30,52H2,1-11H3,(H,53,62)/t32-,33+,34-,35-,40?,41-,43?,44-,45-,48+,50-,51-/m1/s1. The summed E-state index contributed by atoms with van der Waals surface area (Å²) in [4.78, 5) is 59.3. The number of carbonyl (C=O) groups is 4. The van der Waals surface area contributed by atoms with Crippen molar-refractivity contribution in [2.45, 2.75) is 148 Å². The minimum absolute atomic E-state index is 0.0164. The van der Waals surface area contributed by atoms with Crippen LogP contribution < -0.4 is 16.4 Å². The quantitative estimate of drug-likeness (QED) is 0.0392. The molecule has 2 saturated heterocycles. The number of hydrogen-bond acceptors (Lipinski definition) is 15. The first-order valence-corrected chi connectivity index (χ1v) is 24.5. The maximum atomic E-state index is 14.7. The first kappa shape index (κ1) is 55.0. The van der Waals surface area contributed by atoms with Crippen molar-refractivity contribution in [1.82, 2.24) is 35.4 Å². The third-order valence-corrected chi connectivity index (χ3v) is 14.0. The Kier molecular flexibility index (Phi) is 19.7. The molecule has 0 spiro atoms. The number of rotatable bonds is 19. The van der Waals surface area contributed by atoms with Gasteiger partial charge in [0.1, 0.15) is 23.8 Å². The van der Waals surface area contributed by atoms with Crippen LogP contribution in [0.5, 0.6) is 0 Å². The maximum absolute atomic E-state index is 14.7. The molecule has 2 aliphatic rings. The number of nitrogens with zero attached hydrogens (tertiary/aromatic N) is 5. The number of cyclic esters (lactones) is 1. The third kappa shape index (κ3) is 13.5. The first-order chi connectivity index (χ1) is 32.8. The maximum Gasteiger partial charge on any atom is 0.410 e. The van der Waals surface area contributed by atoms with Gasteiger partial charge in [0.05, 0.1) is 30.6 Å². The minimum Gasteiger partial charge on any atom is -0.458 e. The topological polar surface area (TPSA) is 222 Å². The van der Waals surface area contributed by atoms with E-state index in [-0.39, 0.29) is 31.0 Å². The molecule has 18 heteroatoms. The van der Waals surface area contributed by atoms with Crippen LogP contribution in [0.15, 0.2) is 60.8 Å². The number of nitrogen functional groups attached to an aromatic ring is 1. The summed E-state index contributed by atoms with van der Waals surface area (Å²) < 4.78 is 33.7. The number of fused-ring (bicyclic) bond motifs is 1. The summed E-state index contributed by atoms with van der Waals surface area (Å²) in [6.45, 7) is 16.3. The minimum atomic E-state index is -1.28. The highest BCUT2D eigenvalue weighted by atomic mass is 16.7. The second-order valence-corrected chi connectivity index (χ2v) is 19.5.